The average Bonchev–Trinajstić information content (AvgIpc) is 2.59. The molecule has 0 saturated heterocycles. The third-order valence-electron chi connectivity index (χ3n) is 3.91. The molecule has 2 aliphatic rings. The number of hydrogen-bond donors (Lipinski definition) is 2. The van der Waals surface area contributed by atoms with Crippen molar-refractivity contribution in [2.24, 2.45) is 17.3 Å². The summed E-state index contributed by atoms with van der Waals surface area (Å²) in [5, 5.41) is 12.4. The van der Waals surface area contributed by atoms with Crippen LogP contribution < -0.4 is 5.32 Å². The van der Waals surface area contributed by atoms with Gasteiger partial charge in [-0.15, -0.1) is 0 Å². The maximum atomic E-state index is 11.7. The molecular weight excluding hydrogens is 190 g/mol. The molecule has 2 saturated carbocycles. The zero-order valence-electron chi connectivity index (χ0n) is 9.62. The number of aliphatic hydroxyl groups excluding tert-OH is 1. The Morgan fingerprint density at radius 1 is 1.47 bits per heavy atom. The molecule has 3 atom stereocenters. The van der Waals surface area contributed by atoms with Gasteiger partial charge in [-0.1, -0.05) is 13.8 Å². The van der Waals surface area contributed by atoms with E-state index >= 15 is 0 Å². The van der Waals surface area contributed by atoms with Gasteiger partial charge in [0.1, 0.15) is 0 Å². The molecule has 0 aromatic rings. The molecule has 2 fully saturated rings. The lowest BCUT2D eigenvalue weighted by Crippen LogP contribution is -2.31. The molecular formula is C12H21NO2. The number of nitrogens with one attached hydrogen (secondary N) is 1. The van der Waals surface area contributed by atoms with Gasteiger partial charge in [0, 0.05) is 12.5 Å². The Morgan fingerprint density at radius 2 is 2.13 bits per heavy atom. The van der Waals surface area contributed by atoms with Crippen LogP contribution in [-0.4, -0.2) is 23.7 Å². The number of hydrogen-bond acceptors (Lipinski definition) is 2. The normalized spacial score (nSPS) is 37.7. The van der Waals surface area contributed by atoms with Crippen LogP contribution in [-0.2, 0) is 4.79 Å². The van der Waals surface area contributed by atoms with Crippen LogP contribution in [0.1, 0.15) is 39.5 Å². The molecule has 15 heavy (non-hydrogen) atoms. The smallest absolute Gasteiger partial charge is 0.223 e. The number of carbonyl (C=O) groups is 1. The first-order valence-corrected chi connectivity index (χ1v) is 5.95. The predicted molar refractivity (Wildman–Crippen MR) is 58.2 cm³/mol. The van der Waals surface area contributed by atoms with Crippen LogP contribution in [0.5, 0.6) is 0 Å². The van der Waals surface area contributed by atoms with Crippen molar-refractivity contribution < 1.29 is 9.90 Å². The molecule has 3 unspecified atom stereocenters. The van der Waals surface area contributed by atoms with E-state index in [2.05, 4.69) is 19.2 Å². The summed E-state index contributed by atoms with van der Waals surface area (Å²) in [7, 11) is 0. The summed E-state index contributed by atoms with van der Waals surface area (Å²) in [6.07, 6.45) is 3.69. The van der Waals surface area contributed by atoms with Gasteiger partial charge in [-0.05, 0) is 37.0 Å². The Labute approximate surface area is 91.2 Å². The summed E-state index contributed by atoms with van der Waals surface area (Å²) >= 11 is 0. The zero-order chi connectivity index (χ0) is 11.1. The van der Waals surface area contributed by atoms with E-state index in [0.29, 0.717) is 5.92 Å². The van der Waals surface area contributed by atoms with Crippen molar-refractivity contribution in [2.75, 3.05) is 6.54 Å². The largest absolute Gasteiger partial charge is 0.393 e. The Balaban J connectivity index is 1.68. The summed E-state index contributed by atoms with van der Waals surface area (Å²) in [6, 6.07) is 0. The summed E-state index contributed by atoms with van der Waals surface area (Å²) < 4.78 is 0. The van der Waals surface area contributed by atoms with Crippen molar-refractivity contribution in [1.82, 2.24) is 5.32 Å². The minimum atomic E-state index is -0.135. The minimum Gasteiger partial charge on any atom is -0.393 e. The van der Waals surface area contributed by atoms with Crippen LogP contribution in [0.4, 0.5) is 0 Å². The highest BCUT2D eigenvalue weighted by molar-refractivity contribution is 5.82. The third kappa shape index (κ3) is 2.51. The Morgan fingerprint density at radius 3 is 2.60 bits per heavy atom. The van der Waals surface area contributed by atoms with Gasteiger partial charge >= 0.3 is 0 Å². The van der Waals surface area contributed by atoms with Crippen molar-refractivity contribution in [1.29, 1.82) is 0 Å². The Hall–Kier alpha value is -0.570. The standard InChI is InChI=1S/C12H21NO2/c1-12(2)6-10(12)11(15)13-7-8-3-4-9(14)5-8/h8-10,14H,3-7H2,1-2H3,(H,13,15). The van der Waals surface area contributed by atoms with Gasteiger partial charge < -0.3 is 10.4 Å². The van der Waals surface area contributed by atoms with E-state index in [1.165, 1.54) is 0 Å². The highest BCUT2D eigenvalue weighted by Gasteiger charge is 2.50. The first-order chi connectivity index (χ1) is 6.99. The van der Waals surface area contributed by atoms with Crippen LogP contribution in [0.3, 0.4) is 0 Å². The fourth-order valence-corrected chi connectivity index (χ4v) is 2.52. The van der Waals surface area contributed by atoms with E-state index in [9.17, 15) is 9.90 Å². The molecule has 0 aliphatic heterocycles. The van der Waals surface area contributed by atoms with Crippen LogP contribution in [0, 0.1) is 17.3 Å². The summed E-state index contributed by atoms with van der Waals surface area (Å²) in [5.41, 5.74) is 0.222. The fourth-order valence-electron chi connectivity index (χ4n) is 2.52. The van der Waals surface area contributed by atoms with E-state index in [0.717, 1.165) is 32.2 Å². The van der Waals surface area contributed by atoms with Crippen molar-refractivity contribution in [3.8, 4) is 0 Å². The maximum Gasteiger partial charge on any atom is 0.223 e. The van der Waals surface area contributed by atoms with E-state index < -0.39 is 0 Å². The van der Waals surface area contributed by atoms with Crippen molar-refractivity contribution in [2.45, 2.75) is 45.6 Å². The molecule has 2 N–H and O–H groups in total. The quantitative estimate of drug-likeness (QED) is 0.739. The second-order valence-corrected chi connectivity index (χ2v) is 5.82. The molecule has 2 rings (SSSR count). The third-order valence-corrected chi connectivity index (χ3v) is 3.91. The lowest BCUT2D eigenvalue weighted by atomic mass is 10.1. The molecule has 0 aromatic heterocycles. The van der Waals surface area contributed by atoms with Gasteiger partial charge in [-0.25, -0.2) is 0 Å². The van der Waals surface area contributed by atoms with E-state index in [1.807, 2.05) is 0 Å². The molecule has 86 valence electrons. The molecule has 2 aliphatic carbocycles. The van der Waals surface area contributed by atoms with Gasteiger partial charge in [0.2, 0.25) is 5.91 Å². The van der Waals surface area contributed by atoms with Crippen LogP contribution in [0.25, 0.3) is 0 Å². The number of rotatable bonds is 3. The first kappa shape index (κ1) is 10.9. The molecule has 1 amide bonds. The molecule has 0 bridgehead atoms. The van der Waals surface area contributed by atoms with Gasteiger partial charge in [-0.3, -0.25) is 4.79 Å². The SMILES string of the molecule is CC1(C)CC1C(=O)NCC1CCC(O)C1. The highest BCUT2D eigenvalue weighted by Crippen LogP contribution is 2.51. The van der Waals surface area contributed by atoms with E-state index in [4.69, 9.17) is 0 Å². The second-order valence-electron chi connectivity index (χ2n) is 5.82. The predicted octanol–water partition coefficient (Wildman–Crippen LogP) is 1.31. The van der Waals surface area contributed by atoms with Crippen LogP contribution in [0.2, 0.25) is 0 Å². The summed E-state index contributed by atoms with van der Waals surface area (Å²) in [4.78, 5) is 11.7. The van der Waals surface area contributed by atoms with Crippen molar-refractivity contribution >= 4 is 5.91 Å². The second kappa shape index (κ2) is 3.78. The van der Waals surface area contributed by atoms with Crippen LogP contribution >= 0.6 is 0 Å². The monoisotopic (exact) mass is 211 g/mol. The lowest BCUT2D eigenvalue weighted by molar-refractivity contribution is -0.123. The molecule has 0 spiro atoms. The molecule has 0 aromatic carbocycles. The summed E-state index contributed by atoms with van der Waals surface area (Å²) in [5.74, 6) is 0.927. The molecule has 0 radical (unpaired) electrons. The number of amides is 1. The lowest BCUT2D eigenvalue weighted by Gasteiger charge is -2.11. The number of carbonyl (C=O) groups excluding carboxylic acids is 1. The van der Waals surface area contributed by atoms with E-state index in [-0.39, 0.29) is 23.3 Å². The Kier molecular flexibility index (Phi) is 2.75. The number of aliphatic hydroxyl groups is 1. The molecule has 0 heterocycles. The molecule has 3 nitrogen and oxygen atoms in total. The first-order valence-electron chi connectivity index (χ1n) is 5.95. The average molecular weight is 211 g/mol. The molecule has 3 heteroatoms. The summed E-state index contributed by atoms with van der Waals surface area (Å²) in [6.45, 7) is 5.02. The minimum absolute atomic E-state index is 0.135. The highest BCUT2D eigenvalue weighted by atomic mass is 16.3. The van der Waals surface area contributed by atoms with Gasteiger partial charge in [0.05, 0.1) is 6.10 Å². The topological polar surface area (TPSA) is 49.3 Å². The Bertz CT molecular complexity index is 262. The van der Waals surface area contributed by atoms with Gasteiger partial charge in [0.15, 0.2) is 0 Å². The fraction of sp³-hybridized carbons (Fsp3) is 0.917. The van der Waals surface area contributed by atoms with Gasteiger partial charge in [-0.2, -0.15) is 0 Å². The van der Waals surface area contributed by atoms with Gasteiger partial charge in [0.25, 0.3) is 0 Å². The zero-order valence-corrected chi connectivity index (χ0v) is 9.62. The van der Waals surface area contributed by atoms with Crippen LogP contribution in [0.15, 0.2) is 0 Å². The maximum absolute atomic E-state index is 11.7. The van der Waals surface area contributed by atoms with E-state index in [1.54, 1.807) is 0 Å². The van der Waals surface area contributed by atoms with Crippen molar-refractivity contribution in [3.63, 3.8) is 0 Å². The van der Waals surface area contributed by atoms with Crippen molar-refractivity contribution in [3.05, 3.63) is 0 Å².